The lowest BCUT2D eigenvalue weighted by Crippen LogP contribution is -2.56. The number of urea groups is 1. The summed E-state index contributed by atoms with van der Waals surface area (Å²) in [5.74, 6) is 1.43. The Labute approximate surface area is 230 Å². The molecule has 8 heteroatoms. The van der Waals surface area contributed by atoms with E-state index in [1.807, 2.05) is 17.9 Å². The molecule has 3 saturated heterocycles. The third kappa shape index (κ3) is 7.61. The van der Waals surface area contributed by atoms with E-state index in [1.165, 1.54) is 0 Å². The van der Waals surface area contributed by atoms with E-state index in [-0.39, 0.29) is 22.9 Å². The van der Waals surface area contributed by atoms with E-state index in [4.69, 9.17) is 0 Å². The maximum Gasteiger partial charge on any atom is 0.317 e. The van der Waals surface area contributed by atoms with Crippen LogP contribution in [0.2, 0.25) is 0 Å². The number of piperidine rings is 2. The summed E-state index contributed by atoms with van der Waals surface area (Å²) < 4.78 is 0. The highest BCUT2D eigenvalue weighted by atomic mass is 16.2. The van der Waals surface area contributed by atoms with Gasteiger partial charge in [0.25, 0.3) is 0 Å². The number of anilines is 1. The van der Waals surface area contributed by atoms with E-state index in [0.717, 1.165) is 96.0 Å². The Bertz CT molecular complexity index is 958. The Hall–Kier alpha value is -2.35. The molecule has 3 aliphatic rings. The topological polar surface area (TPSA) is 72.0 Å². The van der Waals surface area contributed by atoms with Crippen molar-refractivity contribution >= 4 is 17.8 Å². The number of hydrogen-bond donors (Lipinski definition) is 1. The van der Waals surface area contributed by atoms with Gasteiger partial charge in [-0.15, -0.1) is 0 Å². The van der Waals surface area contributed by atoms with Gasteiger partial charge in [-0.1, -0.05) is 26.8 Å². The van der Waals surface area contributed by atoms with Crippen LogP contribution in [0.15, 0.2) is 18.2 Å². The van der Waals surface area contributed by atoms with Gasteiger partial charge in [-0.2, -0.15) is 0 Å². The third-order valence-electron chi connectivity index (χ3n) is 8.28. The Kier molecular flexibility index (Phi) is 8.90. The second kappa shape index (κ2) is 11.8. The van der Waals surface area contributed by atoms with Crippen LogP contribution in [0.5, 0.6) is 0 Å². The second-order valence-corrected chi connectivity index (χ2v) is 13.6. The zero-order valence-electron chi connectivity index (χ0n) is 24.6. The van der Waals surface area contributed by atoms with Gasteiger partial charge in [0.1, 0.15) is 5.82 Å². The van der Waals surface area contributed by atoms with Gasteiger partial charge in [-0.3, -0.25) is 9.69 Å². The zero-order valence-corrected chi connectivity index (χ0v) is 24.6. The van der Waals surface area contributed by atoms with Crippen molar-refractivity contribution < 1.29 is 9.59 Å². The molecule has 1 atom stereocenters. The van der Waals surface area contributed by atoms with Crippen LogP contribution < -0.4 is 10.2 Å². The fraction of sp³-hybridized carbons (Fsp3) is 0.767. The SMILES string of the molecule is Cc1cccc(N2CCN(C(=O)C3CCCN(C4CCN(C(=O)NC(C)(C)CC(C)(C)C)CC4)C3)CC2)n1. The average molecular weight is 527 g/mol. The molecule has 1 unspecified atom stereocenters. The summed E-state index contributed by atoms with van der Waals surface area (Å²) in [6.07, 6.45) is 4.96. The number of amides is 3. The summed E-state index contributed by atoms with van der Waals surface area (Å²) in [7, 11) is 0. The van der Waals surface area contributed by atoms with Gasteiger partial charge in [0.15, 0.2) is 0 Å². The van der Waals surface area contributed by atoms with Crippen LogP contribution in [0.4, 0.5) is 10.6 Å². The largest absolute Gasteiger partial charge is 0.353 e. The van der Waals surface area contributed by atoms with Crippen molar-refractivity contribution in [2.75, 3.05) is 57.3 Å². The Morgan fingerprint density at radius 2 is 1.61 bits per heavy atom. The van der Waals surface area contributed by atoms with E-state index in [9.17, 15) is 9.59 Å². The van der Waals surface area contributed by atoms with Crippen molar-refractivity contribution in [3.8, 4) is 0 Å². The standard InChI is InChI=1S/C30H50N6O2/c1-23-9-7-11-26(31-23)33-17-19-34(20-18-33)27(37)24-10-8-14-36(21-24)25-12-15-35(16-13-25)28(38)32-30(5,6)22-29(2,3)4/h7,9,11,24-25H,8,10,12-22H2,1-6H3,(H,32,38). The molecule has 1 aromatic heterocycles. The van der Waals surface area contributed by atoms with Crippen molar-refractivity contribution in [2.45, 2.75) is 85.2 Å². The molecule has 0 aliphatic carbocycles. The minimum Gasteiger partial charge on any atom is -0.353 e. The number of likely N-dealkylation sites (tertiary alicyclic amines) is 2. The number of rotatable bonds is 5. The van der Waals surface area contributed by atoms with Gasteiger partial charge in [-0.05, 0) is 77.0 Å². The number of nitrogens with zero attached hydrogens (tertiary/aromatic N) is 5. The van der Waals surface area contributed by atoms with Crippen molar-refractivity contribution in [3.05, 3.63) is 23.9 Å². The maximum atomic E-state index is 13.5. The lowest BCUT2D eigenvalue weighted by atomic mass is 9.82. The third-order valence-corrected chi connectivity index (χ3v) is 8.28. The smallest absolute Gasteiger partial charge is 0.317 e. The lowest BCUT2D eigenvalue weighted by Gasteiger charge is -2.44. The predicted octanol–water partition coefficient (Wildman–Crippen LogP) is 4.14. The van der Waals surface area contributed by atoms with E-state index in [1.54, 1.807) is 0 Å². The highest BCUT2D eigenvalue weighted by molar-refractivity contribution is 5.79. The monoisotopic (exact) mass is 526 g/mol. The number of aromatic nitrogens is 1. The van der Waals surface area contributed by atoms with Crippen molar-refractivity contribution in [1.29, 1.82) is 0 Å². The zero-order chi connectivity index (χ0) is 27.5. The van der Waals surface area contributed by atoms with Crippen LogP contribution in [0.3, 0.4) is 0 Å². The molecule has 0 saturated carbocycles. The summed E-state index contributed by atoms with van der Waals surface area (Å²) >= 11 is 0. The summed E-state index contributed by atoms with van der Waals surface area (Å²) in [6, 6.07) is 6.65. The summed E-state index contributed by atoms with van der Waals surface area (Å²) in [6.45, 7) is 19.6. The number of carbonyl (C=O) groups excluding carboxylic acids is 2. The first-order valence-corrected chi connectivity index (χ1v) is 14.7. The van der Waals surface area contributed by atoms with E-state index < -0.39 is 0 Å². The number of carbonyl (C=O) groups is 2. The summed E-state index contributed by atoms with van der Waals surface area (Å²) in [5.41, 5.74) is 0.964. The number of piperazine rings is 1. The molecule has 4 heterocycles. The highest BCUT2D eigenvalue weighted by Gasteiger charge is 2.36. The molecule has 38 heavy (non-hydrogen) atoms. The summed E-state index contributed by atoms with van der Waals surface area (Å²) in [5, 5.41) is 3.27. The van der Waals surface area contributed by atoms with Gasteiger partial charge in [0, 0.05) is 63.1 Å². The van der Waals surface area contributed by atoms with Gasteiger partial charge >= 0.3 is 6.03 Å². The minimum atomic E-state index is -0.228. The first-order chi connectivity index (χ1) is 17.9. The Morgan fingerprint density at radius 3 is 2.24 bits per heavy atom. The molecule has 1 N–H and O–H groups in total. The Morgan fingerprint density at radius 1 is 0.921 bits per heavy atom. The molecule has 8 nitrogen and oxygen atoms in total. The Balaban J connectivity index is 1.23. The lowest BCUT2D eigenvalue weighted by molar-refractivity contribution is -0.138. The normalized spacial score (nSPS) is 22.5. The number of aryl methyl sites for hydroxylation is 1. The molecule has 0 aromatic carbocycles. The molecule has 3 fully saturated rings. The van der Waals surface area contributed by atoms with Gasteiger partial charge in [-0.25, -0.2) is 9.78 Å². The average Bonchev–Trinajstić information content (AvgIpc) is 2.87. The molecule has 0 spiro atoms. The van der Waals surface area contributed by atoms with E-state index >= 15 is 0 Å². The van der Waals surface area contributed by atoms with Crippen LogP contribution in [0.1, 0.15) is 72.4 Å². The molecule has 0 bridgehead atoms. The second-order valence-electron chi connectivity index (χ2n) is 13.6. The van der Waals surface area contributed by atoms with Crippen LogP contribution in [0.25, 0.3) is 0 Å². The fourth-order valence-electron chi connectivity index (χ4n) is 6.83. The first-order valence-electron chi connectivity index (χ1n) is 14.7. The highest BCUT2D eigenvalue weighted by Crippen LogP contribution is 2.28. The molecule has 4 rings (SSSR count). The van der Waals surface area contributed by atoms with Crippen LogP contribution in [-0.4, -0.2) is 95.6 Å². The van der Waals surface area contributed by atoms with Crippen molar-refractivity contribution in [2.24, 2.45) is 11.3 Å². The molecule has 212 valence electrons. The molecular formula is C30H50N6O2. The number of pyridine rings is 1. The van der Waals surface area contributed by atoms with Crippen molar-refractivity contribution in [1.82, 2.24) is 25.0 Å². The van der Waals surface area contributed by atoms with E-state index in [2.05, 4.69) is 71.8 Å². The van der Waals surface area contributed by atoms with Gasteiger partial charge in [0.2, 0.25) is 5.91 Å². The predicted molar refractivity (Wildman–Crippen MR) is 153 cm³/mol. The maximum absolute atomic E-state index is 13.5. The molecule has 3 aliphatic heterocycles. The van der Waals surface area contributed by atoms with Crippen LogP contribution >= 0.6 is 0 Å². The first kappa shape index (κ1) is 28.7. The minimum absolute atomic E-state index is 0.0596. The molecule has 0 radical (unpaired) electrons. The van der Waals surface area contributed by atoms with Gasteiger partial charge < -0.3 is 20.0 Å². The fourth-order valence-corrected chi connectivity index (χ4v) is 6.83. The number of hydrogen-bond acceptors (Lipinski definition) is 5. The number of nitrogens with one attached hydrogen (secondary N) is 1. The summed E-state index contributed by atoms with van der Waals surface area (Å²) in [4.78, 5) is 40.0. The van der Waals surface area contributed by atoms with E-state index in [0.29, 0.717) is 11.9 Å². The van der Waals surface area contributed by atoms with Crippen LogP contribution in [-0.2, 0) is 4.79 Å². The van der Waals surface area contributed by atoms with Crippen LogP contribution in [0, 0.1) is 18.3 Å². The quantitative estimate of drug-likeness (QED) is 0.624. The molecular weight excluding hydrogens is 476 g/mol. The molecule has 1 aromatic rings. The van der Waals surface area contributed by atoms with Crippen molar-refractivity contribution in [3.63, 3.8) is 0 Å². The van der Waals surface area contributed by atoms with Gasteiger partial charge in [0.05, 0.1) is 5.92 Å². The molecule has 3 amide bonds.